The van der Waals surface area contributed by atoms with Crippen LogP contribution in [0.15, 0.2) is 72.8 Å². The standard InChI is InChI=1S/C21H18N6O2/c22-19-18-16(10-5-11-17(18)26-27-19)20(28)23-14-8-4-9-15(12-14)25-21(29)24-13-6-2-1-3-7-13/h1-12H,(H,23,28)(H3,22,26,27)(H2,24,25,29). The molecule has 0 radical (unpaired) electrons. The molecule has 0 spiro atoms. The fourth-order valence-corrected chi connectivity index (χ4v) is 2.98. The number of aromatic amines is 1. The molecule has 0 atom stereocenters. The second kappa shape index (κ2) is 7.73. The van der Waals surface area contributed by atoms with Crippen LogP contribution in [-0.2, 0) is 0 Å². The van der Waals surface area contributed by atoms with E-state index in [9.17, 15) is 9.59 Å². The maximum absolute atomic E-state index is 12.7. The molecule has 0 bridgehead atoms. The van der Waals surface area contributed by atoms with Crippen molar-refractivity contribution in [2.75, 3.05) is 21.7 Å². The highest BCUT2D eigenvalue weighted by Crippen LogP contribution is 2.24. The first-order valence-electron chi connectivity index (χ1n) is 8.87. The van der Waals surface area contributed by atoms with Gasteiger partial charge in [-0.3, -0.25) is 9.89 Å². The Morgan fingerprint density at radius 1 is 0.793 bits per heavy atom. The summed E-state index contributed by atoms with van der Waals surface area (Å²) >= 11 is 0. The first-order chi connectivity index (χ1) is 14.1. The third kappa shape index (κ3) is 4.01. The Labute approximate surface area is 166 Å². The van der Waals surface area contributed by atoms with Crippen LogP contribution in [0.2, 0.25) is 0 Å². The van der Waals surface area contributed by atoms with Gasteiger partial charge >= 0.3 is 6.03 Å². The number of fused-ring (bicyclic) bond motifs is 1. The second-order valence-corrected chi connectivity index (χ2v) is 6.32. The summed E-state index contributed by atoms with van der Waals surface area (Å²) in [5.41, 5.74) is 8.72. The van der Waals surface area contributed by atoms with Crippen molar-refractivity contribution in [2.45, 2.75) is 0 Å². The number of aromatic nitrogens is 2. The minimum Gasteiger partial charge on any atom is -0.382 e. The van der Waals surface area contributed by atoms with E-state index in [1.54, 1.807) is 54.6 Å². The number of para-hydroxylation sites is 1. The number of hydrogen-bond acceptors (Lipinski definition) is 4. The summed E-state index contributed by atoms with van der Waals surface area (Å²) in [7, 11) is 0. The lowest BCUT2D eigenvalue weighted by Gasteiger charge is -2.10. The number of anilines is 4. The largest absolute Gasteiger partial charge is 0.382 e. The van der Waals surface area contributed by atoms with Crippen molar-refractivity contribution in [1.82, 2.24) is 10.2 Å². The van der Waals surface area contributed by atoms with Crippen molar-refractivity contribution in [3.05, 3.63) is 78.4 Å². The molecule has 1 heterocycles. The molecule has 8 nitrogen and oxygen atoms in total. The topological polar surface area (TPSA) is 125 Å². The lowest BCUT2D eigenvalue weighted by atomic mass is 10.1. The van der Waals surface area contributed by atoms with Crippen LogP contribution in [0.4, 0.5) is 27.7 Å². The number of carbonyl (C=O) groups excluding carboxylic acids is 2. The van der Waals surface area contributed by atoms with Gasteiger partial charge in [0.1, 0.15) is 0 Å². The fourth-order valence-electron chi connectivity index (χ4n) is 2.98. The highest BCUT2D eigenvalue weighted by molar-refractivity contribution is 6.15. The number of nitrogens with two attached hydrogens (primary N) is 1. The molecule has 0 unspecified atom stereocenters. The quantitative estimate of drug-likeness (QED) is 0.363. The number of urea groups is 1. The van der Waals surface area contributed by atoms with Gasteiger partial charge in [0.15, 0.2) is 5.82 Å². The van der Waals surface area contributed by atoms with Gasteiger partial charge in [-0.2, -0.15) is 5.10 Å². The molecule has 0 aliphatic rings. The monoisotopic (exact) mass is 386 g/mol. The van der Waals surface area contributed by atoms with Gasteiger partial charge in [-0.25, -0.2) is 4.79 Å². The van der Waals surface area contributed by atoms with Crippen molar-refractivity contribution in [3.8, 4) is 0 Å². The van der Waals surface area contributed by atoms with Crippen molar-refractivity contribution in [2.24, 2.45) is 0 Å². The van der Waals surface area contributed by atoms with E-state index in [4.69, 9.17) is 5.73 Å². The number of hydrogen-bond donors (Lipinski definition) is 5. The molecule has 0 fully saturated rings. The normalized spacial score (nSPS) is 10.5. The summed E-state index contributed by atoms with van der Waals surface area (Å²) in [5.74, 6) is -0.0617. The lowest BCUT2D eigenvalue weighted by Crippen LogP contribution is -2.19. The van der Waals surface area contributed by atoms with Crippen LogP contribution in [0.5, 0.6) is 0 Å². The third-order valence-electron chi connectivity index (χ3n) is 4.27. The van der Waals surface area contributed by atoms with Crippen molar-refractivity contribution in [1.29, 1.82) is 0 Å². The van der Waals surface area contributed by atoms with Gasteiger partial charge in [0.25, 0.3) is 5.91 Å². The first-order valence-corrected chi connectivity index (χ1v) is 8.87. The molecule has 3 amide bonds. The minimum absolute atomic E-state index is 0.263. The van der Waals surface area contributed by atoms with Gasteiger partial charge in [0.2, 0.25) is 0 Å². The van der Waals surface area contributed by atoms with Gasteiger partial charge in [-0.05, 0) is 42.5 Å². The van der Waals surface area contributed by atoms with Crippen molar-refractivity contribution >= 4 is 45.7 Å². The lowest BCUT2D eigenvalue weighted by molar-refractivity contribution is 0.102. The first kappa shape index (κ1) is 18.1. The molecule has 0 saturated heterocycles. The van der Waals surface area contributed by atoms with Crippen molar-refractivity contribution < 1.29 is 9.59 Å². The van der Waals surface area contributed by atoms with Crippen LogP contribution in [0.25, 0.3) is 10.9 Å². The van der Waals surface area contributed by atoms with Crippen LogP contribution in [0.1, 0.15) is 10.4 Å². The van der Waals surface area contributed by atoms with E-state index in [-0.39, 0.29) is 17.8 Å². The summed E-state index contributed by atoms with van der Waals surface area (Å²) in [6.07, 6.45) is 0. The smallest absolute Gasteiger partial charge is 0.323 e. The summed E-state index contributed by atoms with van der Waals surface area (Å²) < 4.78 is 0. The molecule has 0 aliphatic heterocycles. The minimum atomic E-state index is -0.379. The summed E-state index contributed by atoms with van der Waals surface area (Å²) in [4.78, 5) is 24.9. The average molecular weight is 386 g/mol. The Balaban J connectivity index is 1.48. The predicted molar refractivity (Wildman–Crippen MR) is 114 cm³/mol. The highest BCUT2D eigenvalue weighted by atomic mass is 16.2. The van der Waals surface area contributed by atoms with Gasteiger partial charge < -0.3 is 21.7 Å². The average Bonchev–Trinajstić information content (AvgIpc) is 3.10. The number of carbonyl (C=O) groups is 2. The maximum atomic E-state index is 12.7. The van der Waals surface area contributed by atoms with Crippen LogP contribution in [0.3, 0.4) is 0 Å². The van der Waals surface area contributed by atoms with E-state index in [0.717, 1.165) is 0 Å². The molecule has 29 heavy (non-hydrogen) atoms. The number of amides is 3. The highest BCUT2D eigenvalue weighted by Gasteiger charge is 2.14. The third-order valence-corrected chi connectivity index (χ3v) is 4.27. The van der Waals surface area contributed by atoms with Crippen LogP contribution in [-0.4, -0.2) is 22.1 Å². The molecule has 144 valence electrons. The molecule has 6 N–H and O–H groups in total. The molecule has 8 heteroatoms. The number of nitrogen functional groups attached to an aromatic ring is 1. The molecular weight excluding hydrogens is 368 g/mol. The summed E-state index contributed by atoms with van der Waals surface area (Å²) in [6.45, 7) is 0. The van der Waals surface area contributed by atoms with Gasteiger partial charge in [-0.15, -0.1) is 0 Å². The van der Waals surface area contributed by atoms with Gasteiger partial charge in [-0.1, -0.05) is 30.3 Å². The number of benzene rings is 3. The van der Waals surface area contributed by atoms with Crippen LogP contribution < -0.4 is 21.7 Å². The van der Waals surface area contributed by atoms with E-state index < -0.39 is 0 Å². The number of rotatable bonds is 4. The Hall–Kier alpha value is -4.33. The Morgan fingerprint density at radius 2 is 1.45 bits per heavy atom. The van der Waals surface area contributed by atoms with E-state index in [1.165, 1.54) is 0 Å². The Kier molecular flexibility index (Phi) is 4.81. The van der Waals surface area contributed by atoms with E-state index in [1.807, 2.05) is 18.2 Å². The van der Waals surface area contributed by atoms with E-state index >= 15 is 0 Å². The molecule has 0 aliphatic carbocycles. The zero-order valence-electron chi connectivity index (χ0n) is 15.3. The van der Waals surface area contributed by atoms with Crippen LogP contribution >= 0.6 is 0 Å². The van der Waals surface area contributed by atoms with Gasteiger partial charge in [0, 0.05) is 17.1 Å². The molecule has 0 saturated carbocycles. The fraction of sp³-hybridized carbons (Fsp3) is 0. The molecule has 4 aromatic rings. The molecular formula is C21H18N6O2. The molecule has 1 aromatic heterocycles. The Bertz CT molecular complexity index is 1190. The van der Waals surface area contributed by atoms with Gasteiger partial charge in [0.05, 0.1) is 16.5 Å². The van der Waals surface area contributed by atoms with E-state index in [0.29, 0.717) is 33.5 Å². The molecule has 4 rings (SSSR count). The van der Waals surface area contributed by atoms with E-state index in [2.05, 4.69) is 26.1 Å². The Morgan fingerprint density at radius 3 is 2.24 bits per heavy atom. The predicted octanol–water partition coefficient (Wildman–Crippen LogP) is 4.04. The zero-order chi connectivity index (χ0) is 20.2. The zero-order valence-corrected chi connectivity index (χ0v) is 15.3. The maximum Gasteiger partial charge on any atom is 0.323 e. The van der Waals surface area contributed by atoms with Crippen LogP contribution in [0, 0.1) is 0 Å². The number of nitrogens with zero attached hydrogens (tertiary/aromatic N) is 1. The number of nitrogens with one attached hydrogen (secondary N) is 4. The SMILES string of the molecule is Nc1n[nH]c2cccc(C(=O)Nc3cccc(NC(=O)Nc4ccccc4)c3)c12. The van der Waals surface area contributed by atoms with Crippen molar-refractivity contribution in [3.63, 3.8) is 0 Å². The second-order valence-electron chi connectivity index (χ2n) is 6.32. The summed E-state index contributed by atoms with van der Waals surface area (Å²) in [5, 5.41) is 15.6. The summed E-state index contributed by atoms with van der Waals surface area (Å²) in [6, 6.07) is 20.8. The number of H-pyrrole nitrogens is 1. The molecule has 3 aromatic carbocycles.